The summed E-state index contributed by atoms with van der Waals surface area (Å²) in [5.74, 6) is -1.54. The van der Waals surface area contributed by atoms with Crippen molar-refractivity contribution < 1.29 is 22.3 Å². The minimum Gasteiger partial charge on any atom is -0.396 e. The van der Waals surface area contributed by atoms with Gasteiger partial charge in [0.25, 0.3) is 0 Å². The van der Waals surface area contributed by atoms with Crippen LogP contribution < -0.4 is 5.73 Å². The van der Waals surface area contributed by atoms with E-state index in [1.165, 1.54) is 28.7 Å². The topological polar surface area (TPSA) is 96.5 Å². The fourth-order valence-electron chi connectivity index (χ4n) is 4.25. The predicted octanol–water partition coefficient (Wildman–Crippen LogP) is 4.06. The van der Waals surface area contributed by atoms with Crippen LogP contribution in [0.4, 0.5) is 14.6 Å². The first-order valence-electron chi connectivity index (χ1n) is 10.7. The van der Waals surface area contributed by atoms with Gasteiger partial charge in [0.1, 0.15) is 5.82 Å². The van der Waals surface area contributed by atoms with E-state index in [1.54, 1.807) is 24.3 Å². The number of hydrogen-bond acceptors (Lipinski definition) is 5. The smallest absolute Gasteiger partial charge is 0.243 e. The second-order valence-corrected chi connectivity index (χ2v) is 10.1. The van der Waals surface area contributed by atoms with Crippen LogP contribution in [0.1, 0.15) is 19.3 Å². The summed E-state index contributed by atoms with van der Waals surface area (Å²) in [5.41, 5.74) is 6.54. The Kier molecular flexibility index (Phi) is 6.73. The number of rotatable bonds is 6. The summed E-state index contributed by atoms with van der Waals surface area (Å²) in [6.45, 7) is 0.774. The van der Waals surface area contributed by atoms with Gasteiger partial charge in [-0.1, -0.05) is 30.3 Å². The molecule has 1 aromatic heterocycles. The molecule has 2 heterocycles. The molecule has 33 heavy (non-hydrogen) atoms. The highest BCUT2D eigenvalue weighted by atomic mass is 32.2. The quantitative estimate of drug-likeness (QED) is 0.563. The average Bonchev–Trinajstić information content (AvgIpc) is 2.81. The highest BCUT2D eigenvalue weighted by Gasteiger charge is 2.31. The third kappa shape index (κ3) is 4.75. The summed E-state index contributed by atoms with van der Waals surface area (Å²) >= 11 is 0. The third-order valence-electron chi connectivity index (χ3n) is 5.98. The van der Waals surface area contributed by atoms with E-state index in [4.69, 9.17) is 5.73 Å². The Morgan fingerprint density at radius 3 is 2.55 bits per heavy atom. The molecule has 0 aliphatic carbocycles. The number of aliphatic hydroxyl groups excluding tert-OH is 1. The van der Waals surface area contributed by atoms with E-state index in [1.807, 2.05) is 0 Å². The zero-order valence-electron chi connectivity index (χ0n) is 17.9. The van der Waals surface area contributed by atoms with E-state index in [0.29, 0.717) is 30.6 Å². The van der Waals surface area contributed by atoms with E-state index in [-0.39, 0.29) is 34.4 Å². The van der Waals surface area contributed by atoms with Crippen molar-refractivity contribution in [1.29, 1.82) is 0 Å². The van der Waals surface area contributed by atoms with Gasteiger partial charge in [-0.15, -0.1) is 0 Å². The van der Waals surface area contributed by atoms with Gasteiger partial charge in [0.15, 0.2) is 11.6 Å². The van der Waals surface area contributed by atoms with Gasteiger partial charge in [-0.25, -0.2) is 22.2 Å². The molecule has 0 saturated carbocycles. The molecular formula is C24H25F2N3O3S. The number of pyridine rings is 1. The second kappa shape index (κ2) is 9.54. The molecule has 4 rings (SSSR count). The minimum absolute atomic E-state index is 0.0220. The molecule has 0 bridgehead atoms. The second-order valence-electron chi connectivity index (χ2n) is 8.17. The number of aromatic nitrogens is 1. The molecule has 1 aliphatic heterocycles. The van der Waals surface area contributed by atoms with E-state index in [2.05, 4.69) is 4.98 Å². The molecule has 1 aliphatic rings. The van der Waals surface area contributed by atoms with E-state index in [0.717, 1.165) is 18.9 Å². The highest BCUT2D eigenvalue weighted by molar-refractivity contribution is 7.89. The Morgan fingerprint density at radius 1 is 1.06 bits per heavy atom. The molecule has 174 valence electrons. The van der Waals surface area contributed by atoms with E-state index < -0.39 is 21.7 Å². The Labute approximate surface area is 191 Å². The lowest BCUT2D eigenvalue weighted by molar-refractivity contribution is 0.203. The van der Waals surface area contributed by atoms with Crippen molar-refractivity contribution in [1.82, 2.24) is 9.29 Å². The summed E-state index contributed by atoms with van der Waals surface area (Å²) < 4.78 is 57.2. The van der Waals surface area contributed by atoms with Crippen LogP contribution in [0.2, 0.25) is 0 Å². The van der Waals surface area contributed by atoms with Crippen LogP contribution in [-0.4, -0.2) is 42.5 Å². The molecule has 0 amide bonds. The van der Waals surface area contributed by atoms with E-state index >= 15 is 4.39 Å². The molecule has 0 radical (unpaired) electrons. The van der Waals surface area contributed by atoms with Crippen LogP contribution >= 0.6 is 0 Å². The number of nitrogens with zero attached hydrogens (tertiary/aromatic N) is 2. The first kappa shape index (κ1) is 23.3. The zero-order valence-corrected chi connectivity index (χ0v) is 18.7. The van der Waals surface area contributed by atoms with Crippen LogP contribution in [0, 0.1) is 17.6 Å². The van der Waals surface area contributed by atoms with Crippen LogP contribution in [-0.2, 0) is 10.0 Å². The fraction of sp³-hybridized carbons (Fsp3) is 0.292. The van der Waals surface area contributed by atoms with Gasteiger partial charge in [0.05, 0.1) is 4.90 Å². The Hall–Kier alpha value is -2.88. The number of anilines is 1. The molecule has 1 unspecified atom stereocenters. The van der Waals surface area contributed by atoms with Crippen LogP contribution in [0.5, 0.6) is 0 Å². The molecule has 2 aromatic carbocycles. The van der Waals surface area contributed by atoms with Gasteiger partial charge in [0, 0.05) is 42.6 Å². The largest absolute Gasteiger partial charge is 0.396 e. The van der Waals surface area contributed by atoms with Gasteiger partial charge in [0.2, 0.25) is 10.0 Å². The number of piperidine rings is 1. The lowest BCUT2D eigenvalue weighted by atomic mass is 9.97. The van der Waals surface area contributed by atoms with Crippen LogP contribution in [0.25, 0.3) is 22.3 Å². The number of benzene rings is 2. The Bertz CT molecular complexity index is 1270. The van der Waals surface area contributed by atoms with Crippen molar-refractivity contribution in [2.45, 2.75) is 24.2 Å². The normalized spacial score (nSPS) is 17.2. The summed E-state index contributed by atoms with van der Waals surface area (Å²) in [5, 5.41) is 9.24. The van der Waals surface area contributed by atoms with Crippen molar-refractivity contribution in [3.05, 3.63) is 66.4 Å². The van der Waals surface area contributed by atoms with Crippen molar-refractivity contribution in [3.8, 4) is 22.3 Å². The predicted molar refractivity (Wildman–Crippen MR) is 123 cm³/mol. The standard InChI is InChI=1S/C24H25F2N3O3S/c25-21-12-17(7-8-19(21)18-13-22(26)24(27)28-14-18)20-5-1-2-6-23(20)33(31,32)29-10-3-4-16(15-29)9-11-30/h1-2,5-8,12-14,16,30H,3-4,9-11,15H2,(H2,27,28). The average molecular weight is 474 g/mol. The molecule has 9 heteroatoms. The minimum atomic E-state index is -3.82. The molecule has 0 spiro atoms. The first-order valence-corrected chi connectivity index (χ1v) is 12.2. The summed E-state index contributed by atoms with van der Waals surface area (Å²) in [6.07, 6.45) is 3.44. The molecule has 1 atom stereocenters. The van der Waals surface area contributed by atoms with Gasteiger partial charge >= 0.3 is 0 Å². The first-order chi connectivity index (χ1) is 15.8. The Morgan fingerprint density at radius 2 is 1.82 bits per heavy atom. The maximum Gasteiger partial charge on any atom is 0.243 e. The molecular weight excluding hydrogens is 448 g/mol. The Balaban J connectivity index is 1.70. The van der Waals surface area contributed by atoms with Gasteiger partial charge in [-0.05, 0) is 48.9 Å². The number of aliphatic hydroxyl groups is 1. The van der Waals surface area contributed by atoms with Crippen molar-refractivity contribution in [2.24, 2.45) is 5.92 Å². The zero-order chi connectivity index (χ0) is 23.6. The third-order valence-corrected chi connectivity index (χ3v) is 7.91. The fourth-order valence-corrected chi connectivity index (χ4v) is 6.01. The maximum atomic E-state index is 15.0. The molecule has 3 N–H and O–H groups in total. The van der Waals surface area contributed by atoms with Gasteiger partial charge in [-0.3, -0.25) is 0 Å². The lowest BCUT2D eigenvalue weighted by Gasteiger charge is -2.32. The van der Waals surface area contributed by atoms with Crippen molar-refractivity contribution >= 4 is 15.8 Å². The monoisotopic (exact) mass is 473 g/mol. The number of nitrogen functional groups attached to an aromatic ring is 1. The van der Waals surface area contributed by atoms with Crippen molar-refractivity contribution in [2.75, 3.05) is 25.4 Å². The molecule has 1 fully saturated rings. The van der Waals surface area contributed by atoms with E-state index in [9.17, 15) is 17.9 Å². The van der Waals surface area contributed by atoms with Gasteiger partial charge < -0.3 is 10.8 Å². The van der Waals surface area contributed by atoms with Crippen LogP contribution in [0.15, 0.2) is 59.6 Å². The maximum absolute atomic E-state index is 15.0. The SMILES string of the molecule is Nc1ncc(-c2ccc(-c3ccccc3S(=O)(=O)N3CCCC(CCO)C3)cc2F)cc1F. The summed E-state index contributed by atoms with van der Waals surface area (Å²) in [4.78, 5) is 3.83. The van der Waals surface area contributed by atoms with Crippen LogP contribution in [0.3, 0.4) is 0 Å². The number of halogens is 2. The summed E-state index contributed by atoms with van der Waals surface area (Å²) in [7, 11) is -3.82. The molecule has 6 nitrogen and oxygen atoms in total. The molecule has 3 aromatic rings. The van der Waals surface area contributed by atoms with Gasteiger partial charge in [-0.2, -0.15) is 4.31 Å². The molecule has 1 saturated heterocycles. The summed E-state index contributed by atoms with van der Waals surface area (Å²) in [6, 6.07) is 11.9. The number of sulfonamides is 1. The number of nitrogens with two attached hydrogens (primary N) is 1. The highest BCUT2D eigenvalue weighted by Crippen LogP contribution is 2.34. The lowest BCUT2D eigenvalue weighted by Crippen LogP contribution is -2.40. The number of hydrogen-bond donors (Lipinski definition) is 2. The van der Waals surface area contributed by atoms with Crippen molar-refractivity contribution in [3.63, 3.8) is 0 Å².